The van der Waals surface area contributed by atoms with Gasteiger partial charge in [0, 0.05) is 12.1 Å². The highest BCUT2D eigenvalue weighted by Crippen LogP contribution is 2.49. The molecule has 0 spiro atoms. The molecule has 3 N–H and O–H groups in total. The molecule has 1 aliphatic carbocycles. The fourth-order valence-electron chi connectivity index (χ4n) is 1.87. The van der Waals surface area contributed by atoms with E-state index in [4.69, 9.17) is 5.73 Å². The Kier molecular flexibility index (Phi) is 6.07. The SMILES string of the molecule is CCCC1(CN=C(N)NC(C)(C)C)CC1.I. The van der Waals surface area contributed by atoms with Crippen molar-refractivity contribution in [2.45, 2.75) is 58.9 Å². The average Bonchev–Trinajstić information content (AvgIpc) is 2.80. The summed E-state index contributed by atoms with van der Waals surface area (Å²) in [5, 5.41) is 3.19. The van der Waals surface area contributed by atoms with Crippen LogP contribution in [0, 0.1) is 5.41 Å². The topological polar surface area (TPSA) is 50.4 Å². The van der Waals surface area contributed by atoms with Crippen LogP contribution in [0.5, 0.6) is 0 Å². The van der Waals surface area contributed by atoms with Crippen LogP contribution in [0.3, 0.4) is 0 Å². The molecule has 0 saturated heterocycles. The van der Waals surface area contributed by atoms with E-state index in [2.05, 4.69) is 38.0 Å². The summed E-state index contributed by atoms with van der Waals surface area (Å²) in [7, 11) is 0. The summed E-state index contributed by atoms with van der Waals surface area (Å²) in [5.74, 6) is 0.588. The Morgan fingerprint density at radius 3 is 2.31 bits per heavy atom. The first-order valence-corrected chi connectivity index (χ1v) is 5.95. The number of rotatable bonds is 4. The summed E-state index contributed by atoms with van der Waals surface area (Å²) in [5.41, 5.74) is 6.34. The molecule has 0 amide bonds. The molecule has 1 rings (SSSR count). The zero-order valence-corrected chi connectivity index (χ0v) is 13.3. The Morgan fingerprint density at radius 2 is 1.94 bits per heavy atom. The molecular formula is C12H26IN3. The number of nitrogens with two attached hydrogens (primary N) is 1. The van der Waals surface area contributed by atoms with Gasteiger partial charge in [-0.25, -0.2) is 0 Å². The number of guanidine groups is 1. The Morgan fingerprint density at radius 1 is 1.38 bits per heavy atom. The van der Waals surface area contributed by atoms with E-state index in [-0.39, 0.29) is 29.5 Å². The van der Waals surface area contributed by atoms with Crippen LogP contribution < -0.4 is 11.1 Å². The van der Waals surface area contributed by atoms with Crippen LogP contribution in [0.1, 0.15) is 53.4 Å². The van der Waals surface area contributed by atoms with Crippen LogP contribution in [0.25, 0.3) is 0 Å². The van der Waals surface area contributed by atoms with Gasteiger partial charge in [0.25, 0.3) is 0 Å². The molecule has 4 heteroatoms. The van der Waals surface area contributed by atoms with E-state index in [9.17, 15) is 0 Å². The minimum absolute atomic E-state index is 0. The number of hydrogen-bond donors (Lipinski definition) is 2. The summed E-state index contributed by atoms with van der Waals surface area (Å²) in [6, 6.07) is 0. The number of aliphatic imine (C=N–C) groups is 1. The first-order chi connectivity index (χ1) is 6.87. The first-order valence-electron chi connectivity index (χ1n) is 5.95. The van der Waals surface area contributed by atoms with Crippen molar-refractivity contribution in [1.82, 2.24) is 5.32 Å². The van der Waals surface area contributed by atoms with Gasteiger partial charge in [0.1, 0.15) is 0 Å². The summed E-state index contributed by atoms with van der Waals surface area (Å²) >= 11 is 0. The van der Waals surface area contributed by atoms with Crippen LogP contribution in [0.2, 0.25) is 0 Å². The van der Waals surface area contributed by atoms with E-state index in [1.165, 1.54) is 25.7 Å². The normalized spacial score (nSPS) is 18.9. The molecule has 0 aromatic carbocycles. The summed E-state index contributed by atoms with van der Waals surface area (Å²) in [4.78, 5) is 4.45. The van der Waals surface area contributed by atoms with Gasteiger partial charge >= 0.3 is 0 Å². The van der Waals surface area contributed by atoms with Gasteiger partial charge in [0.15, 0.2) is 5.96 Å². The van der Waals surface area contributed by atoms with Gasteiger partial charge in [-0.3, -0.25) is 4.99 Å². The van der Waals surface area contributed by atoms with Crippen LogP contribution >= 0.6 is 24.0 Å². The maximum absolute atomic E-state index is 5.83. The zero-order chi connectivity index (χ0) is 11.5. The molecule has 0 heterocycles. The molecule has 1 fully saturated rings. The van der Waals surface area contributed by atoms with E-state index >= 15 is 0 Å². The van der Waals surface area contributed by atoms with Crippen molar-refractivity contribution >= 4 is 29.9 Å². The van der Waals surface area contributed by atoms with Gasteiger partial charge in [0.05, 0.1) is 0 Å². The minimum atomic E-state index is 0. The fraction of sp³-hybridized carbons (Fsp3) is 0.917. The van der Waals surface area contributed by atoms with Crippen molar-refractivity contribution in [1.29, 1.82) is 0 Å². The number of halogens is 1. The lowest BCUT2D eigenvalue weighted by Gasteiger charge is -2.21. The Labute approximate surface area is 117 Å². The van der Waals surface area contributed by atoms with Crippen molar-refractivity contribution in [3.8, 4) is 0 Å². The van der Waals surface area contributed by atoms with E-state index in [0.717, 1.165) is 6.54 Å². The van der Waals surface area contributed by atoms with Crippen molar-refractivity contribution in [3.63, 3.8) is 0 Å². The van der Waals surface area contributed by atoms with Gasteiger partial charge < -0.3 is 11.1 Å². The van der Waals surface area contributed by atoms with Crippen LogP contribution in [0.15, 0.2) is 4.99 Å². The monoisotopic (exact) mass is 339 g/mol. The average molecular weight is 339 g/mol. The second kappa shape index (κ2) is 6.07. The maximum atomic E-state index is 5.83. The van der Waals surface area contributed by atoms with Gasteiger partial charge in [-0.2, -0.15) is 0 Å². The molecule has 0 atom stereocenters. The maximum Gasteiger partial charge on any atom is 0.189 e. The van der Waals surface area contributed by atoms with E-state index in [1.54, 1.807) is 0 Å². The van der Waals surface area contributed by atoms with Crippen LogP contribution in [-0.4, -0.2) is 18.0 Å². The lowest BCUT2D eigenvalue weighted by atomic mass is 10.0. The van der Waals surface area contributed by atoms with Crippen molar-refractivity contribution < 1.29 is 0 Å². The number of hydrogen-bond acceptors (Lipinski definition) is 1. The zero-order valence-electron chi connectivity index (χ0n) is 11.0. The lowest BCUT2D eigenvalue weighted by Crippen LogP contribution is -2.45. The quantitative estimate of drug-likeness (QED) is 0.470. The second-order valence-corrected chi connectivity index (χ2v) is 5.83. The molecule has 0 aromatic rings. The standard InChI is InChI=1S/C12H25N3.HI/c1-5-6-12(7-8-12)9-14-10(13)15-11(2,3)4;/h5-9H2,1-4H3,(H3,13,14,15);1H. The van der Waals surface area contributed by atoms with Crippen LogP contribution in [-0.2, 0) is 0 Å². The molecular weight excluding hydrogens is 313 g/mol. The van der Waals surface area contributed by atoms with Crippen molar-refractivity contribution in [3.05, 3.63) is 0 Å². The molecule has 1 saturated carbocycles. The fourth-order valence-corrected chi connectivity index (χ4v) is 1.87. The third kappa shape index (κ3) is 5.92. The predicted octanol–water partition coefficient (Wildman–Crippen LogP) is 2.89. The molecule has 96 valence electrons. The Bertz CT molecular complexity index is 239. The molecule has 3 nitrogen and oxygen atoms in total. The van der Waals surface area contributed by atoms with E-state index in [0.29, 0.717) is 11.4 Å². The molecule has 16 heavy (non-hydrogen) atoms. The van der Waals surface area contributed by atoms with Gasteiger partial charge in [0.2, 0.25) is 0 Å². The molecule has 0 unspecified atom stereocenters. The van der Waals surface area contributed by atoms with E-state index < -0.39 is 0 Å². The minimum Gasteiger partial charge on any atom is -0.370 e. The Balaban J connectivity index is 0.00000225. The lowest BCUT2D eigenvalue weighted by molar-refractivity contribution is 0.466. The molecule has 0 radical (unpaired) electrons. The predicted molar refractivity (Wildman–Crippen MR) is 81.4 cm³/mol. The van der Waals surface area contributed by atoms with Crippen molar-refractivity contribution in [2.24, 2.45) is 16.1 Å². The summed E-state index contributed by atoms with van der Waals surface area (Å²) < 4.78 is 0. The third-order valence-electron chi connectivity index (χ3n) is 2.83. The van der Waals surface area contributed by atoms with Crippen molar-refractivity contribution in [2.75, 3.05) is 6.54 Å². The largest absolute Gasteiger partial charge is 0.370 e. The highest BCUT2D eigenvalue weighted by Gasteiger charge is 2.41. The van der Waals surface area contributed by atoms with Gasteiger partial charge in [-0.15, -0.1) is 24.0 Å². The second-order valence-electron chi connectivity index (χ2n) is 5.83. The molecule has 0 bridgehead atoms. The Hall–Kier alpha value is 0. The smallest absolute Gasteiger partial charge is 0.189 e. The highest BCUT2D eigenvalue weighted by atomic mass is 127. The van der Waals surface area contributed by atoms with Gasteiger partial charge in [-0.1, -0.05) is 13.3 Å². The number of nitrogens with zero attached hydrogens (tertiary/aromatic N) is 1. The first kappa shape index (κ1) is 16.0. The molecule has 0 aliphatic heterocycles. The van der Waals surface area contributed by atoms with Crippen LogP contribution in [0.4, 0.5) is 0 Å². The van der Waals surface area contributed by atoms with Gasteiger partial charge in [-0.05, 0) is 45.4 Å². The number of nitrogens with one attached hydrogen (secondary N) is 1. The summed E-state index contributed by atoms with van der Waals surface area (Å²) in [6.07, 6.45) is 5.20. The summed E-state index contributed by atoms with van der Waals surface area (Å²) in [6.45, 7) is 9.41. The highest BCUT2D eigenvalue weighted by molar-refractivity contribution is 14.0. The van der Waals surface area contributed by atoms with E-state index in [1.807, 2.05) is 0 Å². The molecule has 1 aliphatic rings. The third-order valence-corrected chi connectivity index (χ3v) is 2.83. The molecule has 0 aromatic heterocycles.